The van der Waals surface area contributed by atoms with Gasteiger partial charge in [-0.15, -0.1) is 0 Å². The molecule has 0 saturated heterocycles. The third kappa shape index (κ3) is 6.65. The largest absolute Gasteiger partial charge is 0.309 e. The first-order valence-electron chi connectivity index (χ1n) is 21.3. The Morgan fingerprint density at radius 1 is 0.274 bits per heavy atom. The molecule has 0 unspecified atom stereocenters. The van der Waals surface area contributed by atoms with Crippen LogP contribution in [0.2, 0.25) is 0 Å². The number of aromatic nitrogens is 1. The minimum Gasteiger partial charge on any atom is -0.309 e. The van der Waals surface area contributed by atoms with Crippen LogP contribution >= 0.6 is 0 Å². The first-order valence-corrected chi connectivity index (χ1v) is 21.3. The molecule has 0 atom stereocenters. The van der Waals surface area contributed by atoms with E-state index in [1.807, 2.05) is 0 Å². The second kappa shape index (κ2) is 16.1. The normalized spacial score (nSPS) is 11.2. The molecule has 2 nitrogen and oxygen atoms in total. The van der Waals surface area contributed by atoms with E-state index in [9.17, 15) is 0 Å². The van der Waals surface area contributed by atoms with E-state index in [1.165, 1.54) is 60.8 Å². The number of hydrogen-bond acceptors (Lipinski definition) is 1. The van der Waals surface area contributed by atoms with Crippen LogP contribution in [-0.2, 0) is 0 Å². The van der Waals surface area contributed by atoms with Crippen LogP contribution in [0.1, 0.15) is 0 Å². The molecule has 0 saturated carbocycles. The number of nitrogens with zero attached hydrogens (tertiary/aromatic N) is 2. The van der Waals surface area contributed by atoms with Gasteiger partial charge in [0.1, 0.15) is 0 Å². The van der Waals surface area contributed by atoms with Gasteiger partial charge in [0, 0.05) is 33.3 Å². The van der Waals surface area contributed by atoms with E-state index in [-0.39, 0.29) is 0 Å². The lowest BCUT2D eigenvalue weighted by molar-refractivity contribution is 1.18. The number of para-hydroxylation sites is 3. The molecule has 2 heteroatoms. The highest BCUT2D eigenvalue weighted by Crippen LogP contribution is 2.50. The summed E-state index contributed by atoms with van der Waals surface area (Å²) in [4.78, 5) is 2.46. The highest BCUT2D eigenvalue weighted by Gasteiger charge is 2.24. The van der Waals surface area contributed by atoms with Gasteiger partial charge in [0.05, 0.1) is 22.4 Å². The van der Waals surface area contributed by atoms with Crippen molar-refractivity contribution in [2.24, 2.45) is 0 Å². The van der Waals surface area contributed by atoms with Crippen molar-refractivity contribution in [1.82, 2.24) is 4.57 Å². The summed E-state index contributed by atoms with van der Waals surface area (Å²) in [6, 6.07) is 92.1. The molecule has 0 N–H and O–H groups in total. The summed E-state index contributed by atoms with van der Waals surface area (Å²) in [5, 5.41) is 2.49. The fraction of sp³-hybridized carbons (Fsp3) is 0. The quantitative estimate of drug-likeness (QED) is 0.141. The Labute approximate surface area is 362 Å². The van der Waals surface area contributed by atoms with Gasteiger partial charge in [-0.1, -0.05) is 200 Å². The Kier molecular flexibility index (Phi) is 9.57. The summed E-state index contributed by atoms with van der Waals surface area (Å²) in [5.74, 6) is 0. The molecule has 292 valence electrons. The van der Waals surface area contributed by atoms with Gasteiger partial charge in [-0.3, -0.25) is 0 Å². The van der Waals surface area contributed by atoms with Crippen molar-refractivity contribution in [2.45, 2.75) is 0 Å². The molecule has 1 heterocycles. The van der Waals surface area contributed by atoms with E-state index in [2.05, 4.69) is 264 Å². The Morgan fingerprint density at radius 2 is 0.758 bits per heavy atom. The van der Waals surface area contributed by atoms with E-state index in [1.54, 1.807) is 0 Å². The van der Waals surface area contributed by atoms with Crippen LogP contribution in [0.25, 0.3) is 83.1 Å². The van der Waals surface area contributed by atoms with E-state index in [0.717, 1.165) is 39.4 Å². The molecule has 11 rings (SSSR count). The van der Waals surface area contributed by atoms with Crippen LogP contribution in [0.3, 0.4) is 0 Å². The summed E-state index contributed by atoms with van der Waals surface area (Å²) in [7, 11) is 0. The van der Waals surface area contributed by atoms with Crippen LogP contribution in [0.15, 0.2) is 255 Å². The van der Waals surface area contributed by atoms with Crippen LogP contribution in [0.4, 0.5) is 17.1 Å². The van der Waals surface area contributed by atoms with Crippen molar-refractivity contribution in [3.05, 3.63) is 255 Å². The molecule has 0 aliphatic rings. The molecule has 0 radical (unpaired) electrons. The molecule has 11 aromatic rings. The van der Waals surface area contributed by atoms with Gasteiger partial charge in [-0.05, 0) is 99.1 Å². The maximum absolute atomic E-state index is 2.46. The third-order valence-corrected chi connectivity index (χ3v) is 12.0. The van der Waals surface area contributed by atoms with Crippen LogP contribution in [0, 0.1) is 0 Å². The Hall–Kier alpha value is -8.20. The zero-order chi connectivity index (χ0) is 41.2. The summed E-state index contributed by atoms with van der Waals surface area (Å²) in [6.45, 7) is 0. The highest BCUT2D eigenvalue weighted by molar-refractivity contribution is 6.10. The molecular formula is C60H42N2. The lowest BCUT2D eigenvalue weighted by Gasteiger charge is -2.31. The highest BCUT2D eigenvalue weighted by atomic mass is 15.1. The van der Waals surface area contributed by atoms with Crippen LogP contribution in [0.5, 0.6) is 0 Å². The molecular weight excluding hydrogens is 749 g/mol. The Balaban J connectivity index is 1.12. The number of benzene rings is 10. The number of rotatable bonds is 9. The molecule has 10 aromatic carbocycles. The van der Waals surface area contributed by atoms with E-state index >= 15 is 0 Å². The summed E-state index contributed by atoms with van der Waals surface area (Å²) >= 11 is 0. The fourth-order valence-corrected chi connectivity index (χ4v) is 9.19. The lowest BCUT2D eigenvalue weighted by atomic mass is 9.87. The Morgan fingerprint density at radius 3 is 1.45 bits per heavy atom. The second-order valence-corrected chi connectivity index (χ2v) is 15.7. The Bertz CT molecular complexity index is 3310. The maximum atomic E-state index is 2.46. The van der Waals surface area contributed by atoms with Crippen molar-refractivity contribution >= 4 is 38.9 Å². The van der Waals surface area contributed by atoms with E-state index < -0.39 is 0 Å². The van der Waals surface area contributed by atoms with Gasteiger partial charge < -0.3 is 9.47 Å². The molecule has 0 amide bonds. The van der Waals surface area contributed by atoms with Crippen LogP contribution in [-0.4, -0.2) is 4.57 Å². The predicted molar refractivity (Wildman–Crippen MR) is 263 cm³/mol. The van der Waals surface area contributed by atoms with E-state index in [4.69, 9.17) is 0 Å². The average Bonchev–Trinajstić information content (AvgIpc) is 3.69. The minimum absolute atomic E-state index is 1.07. The molecule has 1 aromatic heterocycles. The molecule has 0 aliphatic carbocycles. The van der Waals surface area contributed by atoms with Crippen molar-refractivity contribution in [2.75, 3.05) is 4.90 Å². The van der Waals surface area contributed by atoms with Gasteiger partial charge >= 0.3 is 0 Å². The fourth-order valence-electron chi connectivity index (χ4n) is 9.19. The summed E-state index contributed by atoms with van der Waals surface area (Å²) in [6.07, 6.45) is 0. The first kappa shape index (κ1) is 36.8. The van der Waals surface area contributed by atoms with Crippen LogP contribution < -0.4 is 4.90 Å². The number of hydrogen-bond donors (Lipinski definition) is 0. The first-order chi connectivity index (χ1) is 30.8. The smallest absolute Gasteiger partial charge is 0.0546 e. The van der Waals surface area contributed by atoms with Crippen molar-refractivity contribution < 1.29 is 0 Å². The lowest BCUT2D eigenvalue weighted by Crippen LogP contribution is -2.13. The standard InChI is InChI=1S/C60H42N2/c1-5-20-44(21-6-1)50-28-13-14-31-54(50)60-52(46-24-9-3-10-25-46)32-19-35-59(60)62(56-33-17-15-29-51(56)45-22-7-2-8-23-45)49-39-36-43(37-40-49)47-38-41-58-55(42-47)53-30-16-18-34-57(53)61(58)48-26-11-4-12-27-48/h1-42H. The van der Waals surface area contributed by atoms with Gasteiger partial charge in [-0.25, -0.2) is 0 Å². The molecule has 62 heavy (non-hydrogen) atoms. The molecule has 0 aliphatic heterocycles. The number of fused-ring (bicyclic) bond motifs is 3. The SMILES string of the molecule is c1ccc(-c2ccccc2-c2c(-c3ccccc3)cccc2N(c2ccc(-c3ccc4c(c3)c3ccccc3n4-c3ccccc3)cc2)c2ccccc2-c2ccccc2)cc1. The van der Waals surface area contributed by atoms with Gasteiger partial charge in [0.2, 0.25) is 0 Å². The summed E-state index contributed by atoms with van der Waals surface area (Å²) < 4.78 is 2.37. The zero-order valence-corrected chi connectivity index (χ0v) is 34.1. The van der Waals surface area contributed by atoms with Gasteiger partial charge in [-0.2, -0.15) is 0 Å². The topological polar surface area (TPSA) is 8.17 Å². The van der Waals surface area contributed by atoms with Gasteiger partial charge in [0.15, 0.2) is 0 Å². The second-order valence-electron chi connectivity index (χ2n) is 15.7. The van der Waals surface area contributed by atoms with Crippen molar-refractivity contribution in [3.8, 4) is 61.3 Å². The zero-order valence-electron chi connectivity index (χ0n) is 34.1. The maximum Gasteiger partial charge on any atom is 0.0546 e. The van der Waals surface area contributed by atoms with E-state index in [0.29, 0.717) is 0 Å². The minimum atomic E-state index is 1.07. The number of anilines is 3. The third-order valence-electron chi connectivity index (χ3n) is 12.0. The average molecular weight is 791 g/mol. The molecule has 0 bridgehead atoms. The van der Waals surface area contributed by atoms with Gasteiger partial charge in [0.25, 0.3) is 0 Å². The van der Waals surface area contributed by atoms with Crippen molar-refractivity contribution in [1.29, 1.82) is 0 Å². The predicted octanol–water partition coefficient (Wildman–Crippen LogP) is 16.6. The molecule has 0 spiro atoms. The van der Waals surface area contributed by atoms with Crippen molar-refractivity contribution in [3.63, 3.8) is 0 Å². The monoisotopic (exact) mass is 790 g/mol. The molecule has 0 fully saturated rings. The summed E-state index contributed by atoms with van der Waals surface area (Å²) in [5.41, 5.74) is 18.6.